The van der Waals surface area contributed by atoms with Gasteiger partial charge >= 0.3 is 0 Å². The van der Waals surface area contributed by atoms with Gasteiger partial charge in [-0.1, -0.05) is 26.0 Å². The molecule has 4 rings (SSSR count). The van der Waals surface area contributed by atoms with Crippen molar-refractivity contribution in [2.45, 2.75) is 39.5 Å². The van der Waals surface area contributed by atoms with Crippen LogP contribution in [0.4, 0.5) is 0 Å². The molecule has 4 N–H and O–H groups in total. The second kappa shape index (κ2) is 11.4. The number of imide groups is 2. The van der Waals surface area contributed by atoms with Crippen molar-refractivity contribution in [3.8, 4) is 0 Å². The first kappa shape index (κ1) is 27.3. The molecule has 0 saturated carbocycles. The Balaban J connectivity index is 1.53. The van der Waals surface area contributed by atoms with Crippen LogP contribution in [0, 0.1) is 11.8 Å². The average molecular weight is 519 g/mol. The summed E-state index contributed by atoms with van der Waals surface area (Å²) in [4.78, 5) is 67.5. The van der Waals surface area contributed by atoms with E-state index < -0.39 is 17.6 Å². The quantitative estimate of drug-likeness (QED) is 0.325. The van der Waals surface area contributed by atoms with Gasteiger partial charge in [-0.05, 0) is 74.9 Å². The summed E-state index contributed by atoms with van der Waals surface area (Å²) in [6, 6.07) is 8.90. The number of ketones is 1. The van der Waals surface area contributed by atoms with E-state index in [1.54, 1.807) is 0 Å². The van der Waals surface area contributed by atoms with Gasteiger partial charge in [0.2, 0.25) is 0 Å². The van der Waals surface area contributed by atoms with Gasteiger partial charge in [0.1, 0.15) is 0 Å². The van der Waals surface area contributed by atoms with E-state index in [-0.39, 0.29) is 70.1 Å². The highest BCUT2D eigenvalue weighted by Crippen LogP contribution is 2.29. The molecule has 9 nitrogen and oxygen atoms in total. The van der Waals surface area contributed by atoms with Crippen LogP contribution in [0.3, 0.4) is 0 Å². The van der Waals surface area contributed by atoms with Crippen LogP contribution in [0.15, 0.2) is 36.4 Å². The van der Waals surface area contributed by atoms with Crippen molar-refractivity contribution in [1.29, 1.82) is 0 Å². The molecule has 0 aromatic heterocycles. The second-order valence-corrected chi connectivity index (χ2v) is 10.4. The van der Waals surface area contributed by atoms with Crippen molar-refractivity contribution < 1.29 is 24.0 Å². The number of carbonyl (C=O) groups excluding carboxylic acids is 5. The number of hydrogen-bond acceptors (Lipinski definition) is 7. The highest BCUT2D eigenvalue weighted by Gasteiger charge is 2.38. The monoisotopic (exact) mass is 518 g/mol. The summed E-state index contributed by atoms with van der Waals surface area (Å²) in [5.41, 5.74) is 12.5. The van der Waals surface area contributed by atoms with Crippen molar-refractivity contribution in [1.82, 2.24) is 9.80 Å². The Morgan fingerprint density at radius 3 is 1.39 bits per heavy atom. The lowest BCUT2D eigenvalue weighted by Gasteiger charge is -2.18. The molecule has 0 fully saturated rings. The molecule has 2 aliphatic rings. The molecule has 4 amide bonds. The molecule has 2 aromatic rings. The topological polar surface area (TPSA) is 144 Å². The Morgan fingerprint density at radius 1 is 0.658 bits per heavy atom. The van der Waals surface area contributed by atoms with Crippen LogP contribution in [0.2, 0.25) is 0 Å². The zero-order chi connectivity index (χ0) is 27.6. The number of nitrogens with two attached hydrogens (primary N) is 2. The van der Waals surface area contributed by atoms with Gasteiger partial charge in [-0.25, -0.2) is 0 Å². The molecule has 2 aromatic carbocycles. The lowest BCUT2D eigenvalue weighted by molar-refractivity contribution is 0.0615. The Morgan fingerprint density at radius 2 is 1.03 bits per heavy atom. The first-order chi connectivity index (χ1) is 18.2. The number of hydrogen-bond donors (Lipinski definition) is 2. The maximum absolute atomic E-state index is 13.3. The summed E-state index contributed by atoms with van der Waals surface area (Å²) in [5, 5.41) is 0. The Bertz CT molecular complexity index is 1210. The lowest BCUT2D eigenvalue weighted by atomic mass is 9.96. The molecule has 2 heterocycles. The van der Waals surface area contributed by atoms with Gasteiger partial charge in [0.25, 0.3) is 23.6 Å². The summed E-state index contributed by atoms with van der Waals surface area (Å²) in [6.07, 6.45) is 3.22. The predicted molar refractivity (Wildman–Crippen MR) is 142 cm³/mol. The fourth-order valence-electron chi connectivity index (χ4n) is 5.10. The van der Waals surface area contributed by atoms with Gasteiger partial charge in [0.05, 0.1) is 22.3 Å². The zero-order valence-electron chi connectivity index (χ0n) is 21.9. The van der Waals surface area contributed by atoms with Crippen LogP contribution in [-0.4, -0.2) is 65.4 Å². The Kier molecular flexibility index (Phi) is 8.18. The normalized spacial score (nSPS) is 16.2. The van der Waals surface area contributed by atoms with Crippen molar-refractivity contribution in [3.05, 3.63) is 69.8 Å². The molecule has 2 unspecified atom stereocenters. The summed E-state index contributed by atoms with van der Waals surface area (Å²) in [7, 11) is 0. The van der Waals surface area contributed by atoms with E-state index >= 15 is 0 Å². The largest absolute Gasteiger partial charge is 0.330 e. The molecule has 200 valence electrons. The van der Waals surface area contributed by atoms with E-state index in [9.17, 15) is 24.0 Å². The molecular weight excluding hydrogens is 484 g/mol. The van der Waals surface area contributed by atoms with Crippen LogP contribution in [-0.2, 0) is 0 Å². The van der Waals surface area contributed by atoms with Gasteiger partial charge in [-0.15, -0.1) is 0 Å². The molecule has 2 aliphatic heterocycles. The van der Waals surface area contributed by atoms with Crippen molar-refractivity contribution in [2.75, 3.05) is 26.2 Å². The average Bonchev–Trinajstić information content (AvgIpc) is 3.29. The van der Waals surface area contributed by atoms with Crippen LogP contribution >= 0.6 is 0 Å². The second-order valence-electron chi connectivity index (χ2n) is 10.4. The van der Waals surface area contributed by atoms with E-state index in [1.165, 1.54) is 46.2 Å². The molecule has 38 heavy (non-hydrogen) atoms. The fourth-order valence-corrected chi connectivity index (χ4v) is 5.10. The lowest BCUT2D eigenvalue weighted by Crippen LogP contribution is -2.34. The molecule has 0 bridgehead atoms. The van der Waals surface area contributed by atoms with Crippen molar-refractivity contribution in [3.63, 3.8) is 0 Å². The third-order valence-corrected chi connectivity index (χ3v) is 7.26. The van der Waals surface area contributed by atoms with Crippen LogP contribution in [0.5, 0.6) is 0 Å². The molecule has 9 heteroatoms. The number of carbonyl (C=O) groups is 5. The number of rotatable bonds is 12. The predicted octanol–water partition coefficient (Wildman–Crippen LogP) is 2.86. The summed E-state index contributed by atoms with van der Waals surface area (Å²) in [6.45, 7) is 5.61. The van der Waals surface area contributed by atoms with E-state index in [4.69, 9.17) is 11.5 Å². The van der Waals surface area contributed by atoms with Crippen molar-refractivity contribution in [2.24, 2.45) is 23.3 Å². The molecule has 0 radical (unpaired) electrons. The smallest absolute Gasteiger partial charge is 0.261 e. The van der Waals surface area contributed by atoms with E-state index in [0.717, 1.165) is 25.7 Å². The van der Waals surface area contributed by atoms with Gasteiger partial charge in [0, 0.05) is 24.2 Å². The Hall–Kier alpha value is -3.69. The summed E-state index contributed by atoms with van der Waals surface area (Å²) in [5.74, 6) is -1.77. The minimum absolute atomic E-state index is 0.108. The number of benzene rings is 2. The maximum Gasteiger partial charge on any atom is 0.261 e. The van der Waals surface area contributed by atoms with Gasteiger partial charge in [-0.3, -0.25) is 33.8 Å². The van der Waals surface area contributed by atoms with Crippen molar-refractivity contribution >= 4 is 29.4 Å². The highest BCUT2D eigenvalue weighted by atomic mass is 16.2. The molecule has 0 aliphatic carbocycles. The van der Waals surface area contributed by atoms with Crippen LogP contribution in [0.1, 0.15) is 96.9 Å². The fraction of sp³-hybridized carbons (Fsp3) is 0.414. The third kappa shape index (κ3) is 5.16. The van der Waals surface area contributed by atoms with E-state index in [0.29, 0.717) is 13.1 Å². The standard InChI is InChI=1S/C29H34N4O5/c1-17(5-3-11-30)15-32-26(35)21-9-7-19(13-23(21)28(32)37)25(34)20-8-10-22-24(14-20)29(38)33(27(22)36)16-18(2)6-4-12-31/h7-10,13-14,17-18H,3-6,11-12,15-16,30-31H2,1-2H3. The zero-order valence-corrected chi connectivity index (χ0v) is 21.9. The maximum atomic E-state index is 13.3. The first-order valence-electron chi connectivity index (χ1n) is 13.1. The minimum atomic E-state index is -0.423. The number of amides is 4. The molecule has 0 saturated heterocycles. The first-order valence-corrected chi connectivity index (χ1v) is 13.1. The molecule has 0 spiro atoms. The van der Waals surface area contributed by atoms with Crippen LogP contribution < -0.4 is 11.5 Å². The molecular formula is C29H34N4O5. The van der Waals surface area contributed by atoms with Gasteiger partial charge in [-0.2, -0.15) is 0 Å². The van der Waals surface area contributed by atoms with Crippen LogP contribution in [0.25, 0.3) is 0 Å². The van der Waals surface area contributed by atoms with Gasteiger partial charge < -0.3 is 11.5 Å². The van der Waals surface area contributed by atoms with E-state index in [1.807, 2.05) is 13.8 Å². The van der Waals surface area contributed by atoms with E-state index in [2.05, 4.69) is 0 Å². The third-order valence-electron chi connectivity index (χ3n) is 7.26. The molecule has 2 atom stereocenters. The number of nitrogens with zero attached hydrogens (tertiary/aromatic N) is 2. The number of fused-ring (bicyclic) bond motifs is 2. The highest BCUT2D eigenvalue weighted by molar-refractivity contribution is 6.24. The SMILES string of the molecule is CC(CCCN)CN1C(=O)c2ccc(C(=O)c3ccc4c(c3)C(=O)N(CC(C)CCCN)C4=O)cc2C1=O. The van der Waals surface area contributed by atoms with Gasteiger partial charge in [0.15, 0.2) is 5.78 Å². The minimum Gasteiger partial charge on any atom is -0.330 e. The summed E-state index contributed by atoms with van der Waals surface area (Å²) < 4.78 is 0. The summed E-state index contributed by atoms with van der Waals surface area (Å²) >= 11 is 0. The Labute approximate surface area is 222 Å².